The highest BCUT2D eigenvalue weighted by atomic mass is 16.5. The largest absolute Gasteiger partial charge is 0.381 e. The molecule has 146 valence electrons. The normalized spacial score (nSPS) is 18.9. The molecule has 28 heavy (non-hydrogen) atoms. The second-order valence-corrected chi connectivity index (χ2v) is 7.56. The molecule has 0 aromatic heterocycles. The monoisotopic (exact) mass is 378 g/mol. The lowest BCUT2D eigenvalue weighted by Gasteiger charge is -2.36. The van der Waals surface area contributed by atoms with Crippen molar-refractivity contribution in [1.82, 2.24) is 5.32 Å². The maximum absolute atomic E-state index is 13.3. The zero-order valence-electron chi connectivity index (χ0n) is 16.0. The van der Waals surface area contributed by atoms with Gasteiger partial charge in [0.15, 0.2) is 0 Å². The Labute approximate surface area is 165 Å². The van der Waals surface area contributed by atoms with Gasteiger partial charge in [-0.15, -0.1) is 0 Å². The molecule has 2 aliphatic rings. The predicted molar refractivity (Wildman–Crippen MR) is 108 cm³/mol. The maximum Gasteiger partial charge on any atom is 0.231 e. The summed E-state index contributed by atoms with van der Waals surface area (Å²) < 4.78 is 5.52. The molecule has 2 aliphatic heterocycles. The molecule has 2 aromatic carbocycles. The molecule has 1 N–H and O–H groups in total. The molecule has 0 bridgehead atoms. The topological polar surface area (TPSA) is 58.6 Å². The highest BCUT2D eigenvalue weighted by Gasteiger charge is 2.41. The van der Waals surface area contributed by atoms with Crippen LogP contribution in [0.25, 0.3) is 0 Å². The van der Waals surface area contributed by atoms with E-state index in [4.69, 9.17) is 4.74 Å². The van der Waals surface area contributed by atoms with Gasteiger partial charge < -0.3 is 15.0 Å². The van der Waals surface area contributed by atoms with Gasteiger partial charge in [-0.05, 0) is 42.5 Å². The van der Waals surface area contributed by atoms with Crippen LogP contribution in [0.2, 0.25) is 0 Å². The summed E-state index contributed by atoms with van der Waals surface area (Å²) in [6, 6.07) is 17.9. The summed E-state index contributed by atoms with van der Waals surface area (Å²) in [5.41, 5.74) is 2.42. The Bertz CT molecular complexity index is 844. The van der Waals surface area contributed by atoms with Crippen LogP contribution in [0.15, 0.2) is 54.6 Å². The molecule has 0 unspecified atom stereocenters. The molecule has 2 fully saturated rings. The van der Waals surface area contributed by atoms with Gasteiger partial charge in [-0.2, -0.15) is 0 Å². The lowest BCUT2D eigenvalue weighted by Crippen LogP contribution is -2.47. The second kappa shape index (κ2) is 8.15. The number of nitrogens with one attached hydrogen (secondary N) is 1. The Hall–Kier alpha value is -2.66. The molecule has 2 aromatic rings. The quantitative estimate of drug-likeness (QED) is 0.869. The first kappa shape index (κ1) is 18.7. The number of hydrogen-bond donors (Lipinski definition) is 1. The lowest BCUT2D eigenvalue weighted by atomic mass is 9.73. The van der Waals surface area contributed by atoms with E-state index in [1.807, 2.05) is 59.5 Å². The molecule has 0 radical (unpaired) electrons. The Morgan fingerprint density at radius 1 is 1.07 bits per heavy atom. The van der Waals surface area contributed by atoms with E-state index < -0.39 is 5.41 Å². The van der Waals surface area contributed by atoms with E-state index in [1.54, 1.807) is 0 Å². The standard InChI is InChI=1S/C23H26N2O3/c26-21-10-5-13-25(21)20-9-4-6-18(16-20)17-24-22(27)23(11-14-28-15-12-23)19-7-2-1-3-8-19/h1-4,6-9,16H,5,10-15,17H2,(H,24,27). The average Bonchev–Trinajstić information content (AvgIpc) is 3.19. The number of carbonyl (C=O) groups is 2. The Balaban J connectivity index is 1.49. The smallest absolute Gasteiger partial charge is 0.231 e. The fourth-order valence-corrected chi connectivity index (χ4v) is 4.23. The molecule has 2 heterocycles. The van der Waals surface area contributed by atoms with Crippen LogP contribution in [0.1, 0.15) is 36.8 Å². The molecule has 0 saturated carbocycles. The van der Waals surface area contributed by atoms with E-state index >= 15 is 0 Å². The van der Waals surface area contributed by atoms with E-state index in [1.165, 1.54) is 0 Å². The Kier molecular flexibility index (Phi) is 5.44. The molecule has 0 atom stereocenters. The number of nitrogens with zero attached hydrogens (tertiary/aromatic N) is 1. The fourth-order valence-electron chi connectivity index (χ4n) is 4.23. The van der Waals surface area contributed by atoms with Gasteiger partial charge in [0.1, 0.15) is 0 Å². The van der Waals surface area contributed by atoms with Gasteiger partial charge >= 0.3 is 0 Å². The lowest BCUT2D eigenvalue weighted by molar-refractivity contribution is -0.130. The summed E-state index contributed by atoms with van der Waals surface area (Å²) in [4.78, 5) is 27.1. The van der Waals surface area contributed by atoms with Crippen LogP contribution in [-0.2, 0) is 26.3 Å². The summed E-state index contributed by atoms with van der Waals surface area (Å²) >= 11 is 0. The summed E-state index contributed by atoms with van der Waals surface area (Å²) in [7, 11) is 0. The second-order valence-electron chi connectivity index (χ2n) is 7.56. The van der Waals surface area contributed by atoms with Crippen molar-refractivity contribution in [2.24, 2.45) is 0 Å². The van der Waals surface area contributed by atoms with Gasteiger partial charge in [0.05, 0.1) is 5.41 Å². The van der Waals surface area contributed by atoms with Crippen molar-refractivity contribution in [1.29, 1.82) is 0 Å². The number of carbonyl (C=O) groups excluding carboxylic acids is 2. The zero-order valence-corrected chi connectivity index (χ0v) is 16.0. The van der Waals surface area contributed by atoms with E-state index in [9.17, 15) is 9.59 Å². The first-order valence-corrected chi connectivity index (χ1v) is 10.00. The Morgan fingerprint density at radius 2 is 1.86 bits per heavy atom. The van der Waals surface area contributed by atoms with Crippen LogP contribution >= 0.6 is 0 Å². The summed E-state index contributed by atoms with van der Waals surface area (Å²) in [6.45, 7) is 2.40. The highest BCUT2D eigenvalue weighted by Crippen LogP contribution is 2.35. The minimum absolute atomic E-state index is 0.0460. The molecule has 4 rings (SSSR count). The molecular weight excluding hydrogens is 352 g/mol. The molecule has 0 spiro atoms. The fraction of sp³-hybridized carbons (Fsp3) is 0.391. The summed E-state index contributed by atoms with van der Waals surface area (Å²) in [5.74, 6) is 0.219. The number of amides is 2. The average molecular weight is 378 g/mol. The van der Waals surface area contributed by atoms with Crippen molar-refractivity contribution < 1.29 is 14.3 Å². The third kappa shape index (κ3) is 3.67. The number of anilines is 1. The number of rotatable bonds is 5. The van der Waals surface area contributed by atoms with Gasteiger partial charge in [-0.25, -0.2) is 0 Å². The van der Waals surface area contributed by atoms with Gasteiger partial charge in [0, 0.05) is 38.4 Å². The van der Waals surface area contributed by atoms with Gasteiger partial charge in [0.2, 0.25) is 11.8 Å². The third-order valence-corrected chi connectivity index (χ3v) is 5.86. The third-order valence-electron chi connectivity index (χ3n) is 5.86. The van der Waals surface area contributed by atoms with Crippen LogP contribution in [0, 0.1) is 0 Å². The predicted octanol–water partition coefficient (Wildman–Crippen LogP) is 3.18. The van der Waals surface area contributed by atoms with E-state index in [0.29, 0.717) is 39.0 Å². The van der Waals surface area contributed by atoms with Crippen molar-refractivity contribution in [2.45, 2.75) is 37.6 Å². The van der Waals surface area contributed by atoms with Crippen LogP contribution in [0.5, 0.6) is 0 Å². The molecule has 2 saturated heterocycles. The van der Waals surface area contributed by atoms with Crippen molar-refractivity contribution in [3.05, 3.63) is 65.7 Å². The molecule has 0 aliphatic carbocycles. The van der Waals surface area contributed by atoms with Crippen molar-refractivity contribution in [3.8, 4) is 0 Å². The number of ether oxygens (including phenoxy) is 1. The maximum atomic E-state index is 13.3. The summed E-state index contributed by atoms with van der Waals surface area (Å²) in [5, 5.41) is 3.14. The highest BCUT2D eigenvalue weighted by molar-refractivity contribution is 5.95. The van der Waals surface area contributed by atoms with Crippen molar-refractivity contribution >= 4 is 17.5 Å². The molecular formula is C23H26N2O3. The van der Waals surface area contributed by atoms with Crippen molar-refractivity contribution in [3.63, 3.8) is 0 Å². The Morgan fingerprint density at radius 3 is 2.57 bits per heavy atom. The van der Waals surface area contributed by atoms with Crippen LogP contribution < -0.4 is 10.2 Å². The molecule has 5 heteroatoms. The van der Waals surface area contributed by atoms with Gasteiger partial charge in [0.25, 0.3) is 0 Å². The van der Waals surface area contributed by atoms with Crippen LogP contribution in [0.3, 0.4) is 0 Å². The van der Waals surface area contributed by atoms with Crippen molar-refractivity contribution in [2.75, 3.05) is 24.7 Å². The molecule has 2 amide bonds. The first-order valence-electron chi connectivity index (χ1n) is 10.00. The minimum atomic E-state index is -0.540. The van der Waals surface area contributed by atoms with Crippen LogP contribution in [0.4, 0.5) is 5.69 Å². The molecule has 5 nitrogen and oxygen atoms in total. The minimum Gasteiger partial charge on any atom is -0.381 e. The van der Waals surface area contributed by atoms with Gasteiger partial charge in [-0.3, -0.25) is 9.59 Å². The number of benzene rings is 2. The van der Waals surface area contributed by atoms with Crippen LogP contribution in [-0.4, -0.2) is 31.6 Å². The first-order chi connectivity index (χ1) is 13.7. The van der Waals surface area contributed by atoms with E-state index in [0.717, 1.165) is 29.8 Å². The summed E-state index contributed by atoms with van der Waals surface area (Å²) in [6.07, 6.45) is 2.89. The zero-order chi connectivity index (χ0) is 19.4. The number of hydrogen-bond acceptors (Lipinski definition) is 3. The van der Waals surface area contributed by atoms with E-state index in [2.05, 4.69) is 5.32 Å². The van der Waals surface area contributed by atoms with Gasteiger partial charge in [-0.1, -0.05) is 42.5 Å². The van der Waals surface area contributed by atoms with E-state index in [-0.39, 0.29) is 11.8 Å². The SMILES string of the molecule is O=C1CCCN1c1cccc(CNC(=O)C2(c3ccccc3)CCOCC2)c1.